The molecule has 0 amide bonds. The number of benzene rings is 1. The lowest BCUT2D eigenvalue weighted by molar-refractivity contribution is -0.135. The second-order valence-corrected chi connectivity index (χ2v) is 6.81. The van der Waals surface area contributed by atoms with Gasteiger partial charge in [0.2, 0.25) is 0 Å². The van der Waals surface area contributed by atoms with Gasteiger partial charge in [0.25, 0.3) is 0 Å². The van der Waals surface area contributed by atoms with Gasteiger partial charge in [-0.2, -0.15) is 0 Å². The molecule has 2 aliphatic rings. The average molecular weight is 321 g/mol. The normalized spacial score (nSPS) is 29.9. The number of carbonyl (C=O) groups excluding carboxylic acids is 2. The fourth-order valence-corrected chi connectivity index (χ4v) is 4.46. The average Bonchev–Trinajstić information content (AvgIpc) is 2.76. The van der Waals surface area contributed by atoms with Crippen molar-refractivity contribution in [3.05, 3.63) is 33.3 Å². The summed E-state index contributed by atoms with van der Waals surface area (Å²) in [6.45, 7) is 3.98. The first-order chi connectivity index (χ1) is 8.99. The van der Waals surface area contributed by atoms with Gasteiger partial charge in [0, 0.05) is 16.3 Å². The molecule has 2 unspecified atom stereocenters. The number of aryl methyl sites for hydroxylation is 2. The second kappa shape index (κ2) is 4.55. The lowest BCUT2D eigenvalue weighted by atomic mass is 9.73. The number of hydrogen-bond acceptors (Lipinski definition) is 2. The third kappa shape index (κ3) is 1.99. The van der Waals surface area contributed by atoms with E-state index in [0.29, 0.717) is 0 Å². The van der Waals surface area contributed by atoms with Gasteiger partial charge in [-0.15, -0.1) is 0 Å². The topological polar surface area (TPSA) is 34.1 Å². The van der Waals surface area contributed by atoms with Crippen molar-refractivity contribution >= 4 is 27.5 Å². The van der Waals surface area contributed by atoms with Gasteiger partial charge in [-0.05, 0) is 61.9 Å². The Labute approximate surface area is 121 Å². The largest absolute Gasteiger partial charge is 0.298 e. The predicted molar refractivity (Wildman–Crippen MR) is 77.2 cm³/mol. The highest BCUT2D eigenvalue weighted by Crippen LogP contribution is 2.45. The van der Waals surface area contributed by atoms with Crippen molar-refractivity contribution < 1.29 is 9.59 Å². The Bertz CT molecular complexity index is 531. The van der Waals surface area contributed by atoms with Crippen LogP contribution in [0.3, 0.4) is 0 Å². The van der Waals surface area contributed by atoms with E-state index in [1.807, 2.05) is 26.0 Å². The van der Waals surface area contributed by atoms with Crippen LogP contribution in [0, 0.1) is 25.7 Å². The lowest BCUT2D eigenvalue weighted by Crippen LogP contribution is -2.35. The summed E-state index contributed by atoms with van der Waals surface area (Å²) >= 11 is 3.47. The summed E-state index contributed by atoms with van der Waals surface area (Å²) in [5.74, 6) is 0.0594. The van der Waals surface area contributed by atoms with Crippen LogP contribution in [0.25, 0.3) is 0 Å². The highest BCUT2D eigenvalue weighted by molar-refractivity contribution is 9.10. The first kappa shape index (κ1) is 13.0. The van der Waals surface area contributed by atoms with Gasteiger partial charge < -0.3 is 0 Å². The molecule has 2 bridgehead atoms. The van der Waals surface area contributed by atoms with Crippen LogP contribution in [0.4, 0.5) is 0 Å². The monoisotopic (exact) mass is 320 g/mol. The first-order valence-electron chi connectivity index (χ1n) is 6.83. The molecule has 2 atom stereocenters. The molecular weight excluding hydrogens is 304 g/mol. The number of Topliss-reactive ketones (excluding diaryl/α,β-unsaturated/α-hetero) is 2. The van der Waals surface area contributed by atoms with Crippen molar-refractivity contribution in [2.75, 3.05) is 0 Å². The van der Waals surface area contributed by atoms with Crippen LogP contribution in [0.2, 0.25) is 0 Å². The van der Waals surface area contributed by atoms with Gasteiger partial charge in [-0.3, -0.25) is 9.59 Å². The molecule has 0 radical (unpaired) electrons. The van der Waals surface area contributed by atoms with Crippen LogP contribution in [0.15, 0.2) is 16.6 Å². The molecule has 2 nitrogen and oxygen atoms in total. The Balaban J connectivity index is 2.11. The number of ketones is 2. The Morgan fingerprint density at radius 2 is 1.47 bits per heavy atom. The first-order valence-corrected chi connectivity index (χ1v) is 7.62. The van der Waals surface area contributed by atoms with Crippen LogP contribution in [0.1, 0.15) is 41.9 Å². The lowest BCUT2D eigenvalue weighted by Gasteiger charge is -2.28. The van der Waals surface area contributed by atoms with Crippen molar-refractivity contribution in [2.24, 2.45) is 11.8 Å². The number of hydrogen-bond donors (Lipinski definition) is 0. The van der Waals surface area contributed by atoms with E-state index in [-0.39, 0.29) is 23.4 Å². The SMILES string of the molecule is Cc1cc(Br)cc(C)c1C1C(=O)C2CCC(C2)C1=O. The van der Waals surface area contributed by atoms with Gasteiger partial charge >= 0.3 is 0 Å². The van der Waals surface area contributed by atoms with Crippen LogP contribution in [0.5, 0.6) is 0 Å². The molecule has 0 aromatic heterocycles. The maximum Gasteiger partial charge on any atom is 0.150 e. The third-order valence-corrected chi connectivity index (χ3v) is 5.11. The molecule has 3 heteroatoms. The maximum atomic E-state index is 12.6. The summed E-state index contributed by atoms with van der Waals surface area (Å²) in [7, 11) is 0. The van der Waals surface area contributed by atoms with Gasteiger partial charge in [0.1, 0.15) is 5.92 Å². The van der Waals surface area contributed by atoms with E-state index in [4.69, 9.17) is 0 Å². The summed E-state index contributed by atoms with van der Waals surface area (Å²) in [6.07, 6.45) is 2.60. The molecule has 19 heavy (non-hydrogen) atoms. The summed E-state index contributed by atoms with van der Waals surface area (Å²) in [5, 5.41) is 0. The van der Waals surface area contributed by atoms with E-state index >= 15 is 0 Å². The van der Waals surface area contributed by atoms with Crippen LogP contribution in [-0.2, 0) is 9.59 Å². The molecule has 0 spiro atoms. The standard InChI is InChI=1S/C16H17BrO2/c1-8-5-12(17)6-9(2)13(8)14-15(18)10-3-4-11(7-10)16(14)19/h5-6,10-11,14H,3-4,7H2,1-2H3. The molecule has 0 N–H and O–H groups in total. The summed E-state index contributed by atoms with van der Waals surface area (Å²) in [5.41, 5.74) is 3.04. The zero-order chi connectivity index (χ0) is 13.7. The quantitative estimate of drug-likeness (QED) is 0.739. The van der Waals surface area contributed by atoms with Crippen LogP contribution in [-0.4, -0.2) is 11.6 Å². The molecule has 1 aromatic carbocycles. The fraction of sp³-hybridized carbons (Fsp3) is 0.500. The molecule has 3 rings (SSSR count). The minimum atomic E-state index is -0.501. The van der Waals surface area contributed by atoms with Gasteiger partial charge in [0.05, 0.1) is 0 Å². The van der Waals surface area contributed by atoms with Crippen LogP contribution < -0.4 is 0 Å². The van der Waals surface area contributed by atoms with E-state index in [1.165, 1.54) is 0 Å². The number of halogens is 1. The maximum absolute atomic E-state index is 12.6. The van der Waals surface area contributed by atoms with E-state index in [1.54, 1.807) is 0 Å². The second-order valence-electron chi connectivity index (χ2n) is 5.90. The number of rotatable bonds is 1. The van der Waals surface area contributed by atoms with E-state index < -0.39 is 5.92 Å². The Morgan fingerprint density at radius 3 is 1.95 bits per heavy atom. The minimum absolute atomic E-state index is 0.121. The predicted octanol–water partition coefficient (Wildman–Crippen LogP) is 3.72. The summed E-state index contributed by atoms with van der Waals surface area (Å²) in [4.78, 5) is 25.1. The van der Waals surface area contributed by atoms with Gasteiger partial charge in [-0.1, -0.05) is 15.9 Å². The summed E-state index contributed by atoms with van der Waals surface area (Å²) in [6, 6.07) is 4.00. The van der Waals surface area contributed by atoms with Crippen molar-refractivity contribution in [1.29, 1.82) is 0 Å². The minimum Gasteiger partial charge on any atom is -0.298 e. The van der Waals surface area contributed by atoms with Crippen molar-refractivity contribution in [3.8, 4) is 0 Å². The van der Waals surface area contributed by atoms with Crippen molar-refractivity contribution in [2.45, 2.75) is 39.0 Å². The van der Waals surface area contributed by atoms with Crippen molar-refractivity contribution in [3.63, 3.8) is 0 Å². The highest BCUT2D eigenvalue weighted by Gasteiger charge is 2.48. The Hall–Kier alpha value is -0.960. The molecule has 1 aromatic rings. The summed E-state index contributed by atoms with van der Waals surface area (Å²) < 4.78 is 1.00. The molecule has 2 fully saturated rings. The third-order valence-electron chi connectivity index (χ3n) is 4.65. The van der Waals surface area contributed by atoms with Gasteiger partial charge in [-0.25, -0.2) is 0 Å². The number of fused-ring (bicyclic) bond motifs is 2. The zero-order valence-electron chi connectivity index (χ0n) is 11.2. The smallest absolute Gasteiger partial charge is 0.150 e. The highest BCUT2D eigenvalue weighted by atomic mass is 79.9. The fourth-order valence-electron chi connectivity index (χ4n) is 3.77. The molecule has 0 saturated heterocycles. The van der Waals surface area contributed by atoms with E-state index in [9.17, 15) is 9.59 Å². The van der Waals surface area contributed by atoms with E-state index in [0.717, 1.165) is 40.4 Å². The van der Waals surface area contributed by atoms with Gasteiger partial charge in [0.15, 0.2) is 11.6 Å². The molecule has 2 saturated carbocycles. The zero-order valence-corrected chi connectivity index (χ0v) is 12.8. The molecule has 2 aliphatic carbocycles. The molecule has 100 valence electrons. The number of carbonyl (C=O) groups is 2. The molecule has 0 heterocycles. The molecular formula is C16H17BrO2. The molecule has 0 aliphatic heterocycles. The van der Waals surface area contributed by atoms with E-state index in [2.05, 4.69) is 15.9 Å². The Morgan fingerprint density at radius 1 is 1.00 bits per heavy atom. The van der Waals surface area contributed by atoms with Crippen LogP contribution >= 0.6 is 15.9 Å². The van der Waals surface area contributed by atoms with Crippen molar-refractivity contribution in [1.82, 2.24) is 0 Å². The Kier molecular flexibility index (Phi) is 3.12.